The van der Waals surface area contributed by atoms with Crippen LogP contribution in [0.5, 0.6) is 0 Å². The topological polar surface area (TPSA) is 150 Å². The van der Waals surface area contributed by atoms with E-state index in [1.165, 1.54) is 12.1 Å². The van der Waals surface area contributed by atoms with Gasteiger partial charge in [-0.1, -0.05) is 23.7 Å². The zero-order valence-corrected chi connectivity index (χ0v) is 18.2. The molecule has 35 heavy (non-hydrogen) atoms. The van der Waals surface area contributed by atoms with Gasteiger partial charge in [0.25, 0.3) is 5.56 Å². The Labute approximate surface area is 200 Å². The fourth-order valence-corrected chi connectivity index (χ4v) is 4.21. The van der Waals surface area contributed by atoms with Crippen LogP contribution < -0.4 is 21.7 Å². The van der Waals surface area contributed by atoms with Crippen LogP contribution in [0.1, 0.15) is 11.1 Å². The van der Waals surface area contributed by atoms with Gasteiger partial charge in [0.15, 0.2) is 17.5 Å². The van der Waals surface area contributed by atoms with E-state index in [-0.39, 0.29) is 45.1 Å². The van der Waals surface area contributed by atoms with Gasteiger partial charge in [0.1, 0.15) is 35.1 Å². The molecule has 6 rings (SSSR count). The average Bonchev–Trinajstić information content (AvgIpc) is 2.87. The molecule has 0 bridgehead atoms. The van der Waals surface area contributed by atoms with E-state index in [0.717, 1.165) is 10.9 Å². The standard InChI is InChI=1S/C24H10ClN7O3/c25-11-5-6-18-12(7-11)20(33)15(10-35-18)19-13(8-26)23-30-21-22(31-32(23)24(34)14(19)9-27)29-17-4-2-1-3-16(17)28-21/h1-7,10H,(H,28,30)(H,29,31). The molecule has 0 saturated heterocycles. The highest BCUT2D eigenvalue weighted by atomic mass is 35.5. The second-order valence-electron chi connectivity index (χ2n) is 7.60. The number of pyridine rings is 1. The predicted octanol–water partition coefficient (Wildman–Crippen LogP) is 3.89. The first-order valence-corrected chi connectivity index (χ1v) is 10.5. The fourth-order valence-electron chi connectivity index (χ4n) is 4.04. The zero-order valence-electron chi connectivity index (χ0n) is 17.5. The predicted molar refractivity (Wildman–Crippen MR) is 128 cm³/mol. The van der Waals surface area contributed by atoms with Crippen molar-refractivity contribution in [2.75, 3.05) is 10.7 Å². The summed E-state index contributed by atoms with van der Waals surface area (Å²) >= 11 is 6.05. The quantitative estimate of drug-likeness (QED) is 0.358. The molecule has 2 aromatic carbocycles. The Morgan fingerprint density at radius 1 is 0.971 bits per heavy atom. The molecule has 4 heterocycles. The van der Waals surface area contributed by atoms with Crippen molar-refractivity contribution < 1.29 is 4.42 Å². The molecule has 11 heteroatoms. The van der Waals surface area contributed by atoms with Crippen LogP contribution in [0.3, 0.4) is 0 Å². The number of rotatable bonds is 1. The van der Waals surface area contributed by atoms with E-state index in [1.54, 1.807) is 30.3 Å². The van der Waals surface area contributed by atoms with E-state index in [1.807, 2.05) is 12.1 Å². The average molecular weight is 480 g/mol. The van der Waals surface area contributed by atoms with Crippen molar-refractivity contribution in [1.82, 2.24) is 14.6 Å². The van der Waals surface area contributed by atoms with E-state index in [9.17, 15) is 20.1 Å². The maximum atomic E-state index is 13.3. The van der Waals surface area contributed by atoms with Crippen LogP contribution in [0.15, 0.2) is 62.7 Å². The van der Waals surface area contributed by atoms with Crippen molar-refractivity contribution >= 4 is 51.1 Å². The van der Waals surface area contributed by atoms with Crippen molar-refractivity contribution in [2.24, 2.45) is 0 Å². The molecule has 166 valence electrons. The summed E-state index contributed by atoms with van der Waals surface area (Å²) in [6.45, 7) is 0. The molecule has 0 amide bonds. The fraction of sp³-hybridized carbons (Fsp3) is 0. The van der Waals surface area contributed by atoms with Crippen LogP contribution in [-0.4, -0.2) is 14.6 Å². The number of nitrogens with one attached hydrogen (secondary N) is 2. The molecular weight excluding hydrogens is 470 g/mol. The van der Waals surface area contributed by atoms with Crippen LogP contribution in [0.4, 0.5) is 17.5 Å². The van der Waals surface area contributed by atoms with Crippen molar-refractivity contribution in [1.29, 1.82) is 10.5 Å². The highest BCUT2D eigenvalue weighted by Crippen LogP contribution is 2.35. The van der Waals surface area contributed by atoms with Crippen LogP contribution >= 0.6 is 11.6 Å². The highest BCUT2D eigenvalue weighted by Gasteiger charge is 2.29. The maximum absolute atomic E-state index is 13.3. The smallest absolute Gasteiger partial charge is 0.289 e. The minimum Gasteiger partial charge on any atom is -0.463 e. The molecule has 0 radical (unpaired) electrons. The summed E-state index contributed by atoms with van der Waals surface area (Å²) in [6, 6.07) is 15.5. The second-order valence-corrected chi connectivity index (χ2v) is 8.04. The van der Waals surface area contributed by atoms with Gasteiger partial charge in [0.05, 0.1) is 22.0 Å². The Balaban J connectivity index is 1.65. The molecule has 5 aromatic rings. The lowest BCUT2D eigenvalue weighted by atomic mass is 9.96. The molecule has 0 spiro atoms. The molecule has 2 N–H and O–H groups in total. The molecule has 0 fully saturated rings. The number of anilines is 3. The molecule has 3 aromatic heterocycles. The van der Waals surface area contributed by atoms with Gasteiger partial charge in [-0.2, -0.15) is 15.2 Å². The Morgan fingerprint density at radius 3 is 2.40 bits per heavy atom. The summed E-state index contributed by atoms with van der Waals surface area (Å²) in [5.74, 6) is 0.514. The number of halogens is 1. The third-order valence-electron chi connectivity index (χ3n) is 5.63. The number of hydrogen-bond donors (Lipinski definition) is 2. The molecule has 0 unspecified atom stereocenters. The van der Waals surface area contributed by atoms with Crippen LogP contribution in [0.2, 0.25) is 5.02 Å². The molecule has 1 aliphatic heterocycles. The first-order valence-electron chi connectivity index (χ1n) is 10.2. The van der Waals surface area contributed by atoms with Crippen molar-refractivity contribution in [3.8, 4) is 23.3 Å². The van der Waals surface area contributed by atoms with E-state index >= 15 is 0 Å². The van der Waals surface area contributed by atoms with Gasteiger partial charge in [-0.25, -0.2) is 9.97 Å². The largest absolute Gasteiger partial charge is 0.463 e. The summed E-state index contributed by atoms with van der Waals surface area (Å²) in [5, 5.41) is 23.4. The first-order chi connectivity index (χ1) is 17.0. The second kappa shape index (κ2) is 7.42. The number of fused-ring (bicyclic) bond motifs is 4. The van der Waals surface area contributed by atoms with Gasteiger partial charge < -0.3 is 9.73 Å². The summed E-state index contributed by atoms with van der Waals surface area (Å²) in [6.07, 6.45) is 1.13. The normalized spacial score (nSPS) is 11.6. The van der Waals surface area contributed by atoms with Gasteiger partial charge in [-0.15, -0.1) is 0 Å². The molecule has 0 aliphatic carbocycles. The number of nitrogens with zero attached hydrogens (tertiary/aromatic N) is 5. The Hall–Kier alpha value is -5.19. The molecule has 1 aliphatic rings. The van der Waals surface area contributed by atoms with Gasteiger partial charge in [-0.05, 0) is 30.3 Å². The summed E-state index contributed by atoms with van der Waals surface area (Å²) in [5.41, 5.74) is 2.15. The van der Waals surface area contributed by atoms with Crippen LogP contribution in [-0.2, 0) is 0 Å². The van der Waals surface area contributed by atoms with Gasteiger partial charge in [0.2, 0.25) is 5.43 Å². The first kappa shape index (κ1) is 20.4. The van der Waals surface area contributed by atoms with Gasteiger partial charge in [-0.3, -0.25) is 15.0 Å². The van der Waals surface area contributed by atoms with E-state index < -0.39 is 16.6 Å². The van der Waals surface area contributed by atoms with Gasteiger partial charge in [0, 0.05) is 10.6 Å². The monoisotopic (exact) mass is 479 g/mol. The molecule has 0 atom stereocenters. The van der Waals surface area contributed by atoms with Crippen LogP contribution in [0.25, 0.3) is 33.1 Å². The molecule has 0 saturated carbocycles. The number of nitriles is 2. The van der Waals surface area contributed by atoms with Crippen LogP contribution in [0, 0.1) is 22.7 Å². The Morgan fingerprint density at radius 2 is 1.69 bits per heavy atom. The van der Waals surface area contributed by atoms with E-state index in [4.69, 9.17) is 16.0 Å². The minimum atomic E-state index is -0.782. The number of benzene rings is 2. The van der Waals surface area contributed by atoms with Crippen molar-refractivity contribution in [3.05, 3.63) is 85.5 Å². The molecule has 10 nitrogen and oxygen atoms in total. The Kier molecular flexibility index (Phi) is 4.33. The molecular formula is C24H10ClN7O3. The lowest BCUT2D eigenvalue weighted by Crippen LogP contribution is -2.35. The lowest BCUT2D eigenvalue weighted by Gasteiger charge is -2.25. The minimum absolute atomic E-state index is 0.00849. The third kappa shape index (κ3) is 2.95. The number of hydrogen-bond acceptors (Lipinski definition) is 9. The van der Waals surface area contributed by atoms with Crippen molar-refractivity contribution in [3.63, 3.8) is 0 Å². The zero-order chi connectivity index (χ0) is 24.3. The number of para-hydroxylation sites is 2. The Bertz CT molecular complexity index is 1950. The van der Waals surface area contributed by atoms with E-state index in [0.29, 0.717) is 16.1 Å². The van der Waals surface area contributed by atoms with Crippen molar-refractivity contribution in [2.45, 2.75) is 0 Å². The summed E-state index contributed by atoms with van der Waals surface area (Å²) < 4.78 is 6.58. The third-order valence-corrected chi connectivity index (χ3v) is 5.87. The summed E-state index contributed by atoms with van der Waals surface area (Å²) in [4.78, 5) is 35.6. The lowest BCUT2D eigenvalue weighted by molar-refractivity contribution is 0.604. The highest BCUT2D eigenvalue weighted by molar-refractivity contribution is 6.31. The van der Waals surface area contributed by atoms with Gasteiger partial charge >= 0.3 is 0 Å². The SMILES string of the molecule is N#Cc1c(-c2coc3ccc(Cl)cc3c2=O)c(C#N)c(=O)n2c1Nc1nc3ccccc3nc1N2. The van der Waals surface area contributed by atoms with E-state index in [2.05, 4.69) is 20.7 Å². The maximum Gasteiger partial charge on any atom is 0.289 e. The number of aromatic nitrogens is 3. The summed E-state index contributed by atoms with van der Waals surface area (Å²) in [7, 11) is 0.